The van der Waals surface area contributed by atoms with Crippen LogP contribution < -0.4 is 5.32 Å². The molecule has 1 aromatic rings. The molecule has 2 rings (SSSR count). The lowest BCUT2D eigenvalue weighted by Crippen LogP contribution is -2.39. The van der Waals surface area contributed by atoms with Crippen LogP contribution in [0, 0.1) is 13.8 Å². The highest BCUT2D eigenvalue weighted by molar-refractivity contribution is 8.00. The van der Waals surface area contributed by atoms with Crippen LogP contribution in [0.4, 0.5) is 0 Å². The van der Waals surface area contributed by atoms with Crippen molar-refractivity contribution in [1.29, 1.82) is 0 Å². The van der Waals surface area contributed by atoms with Crippen molar-refractivity contribution in [3.63, 3.8) is 0 Å². The van der Waals surface area contributed by atoms with E-state index in [4.69, 9.17) is 0 Å². The molecule has 0 aliphatic carbocycles. The van der Waals surface area contributed by atoms with Crippen molar-refractivity contribution in [2.45, 2.75) is 51.3 Å². The average molecular weight is 263 g/mol. The van der Waals surface area contributed by atoms with E-state index in [1.54, 1.807) is 5.56 Å². The molecule has 1 aliphatic rings. The summed E-state index contributed by atoms with van der Waals surface area (Å²) < 4.78 is 0. The molecule has 1 aromatic carbocycles. The zero-order valence-corrected chi connectivity index (χ0v) is 12.6. The zero-order valence-electron chi connectivity index (χ0n) is 11.8. The van der Waals surface area contributed by atoms with Crippen LogP contribution in [-0.4, -0.2) is 23.6 Å². The molecule has 0 bridgehead atoms. The van der Waals surface area contributed by atoms with Crippen molar-refractivity contribution in [2.75, 3.05) is 12.3 Å². The maximum Gasteiger partial charge on any atom is 0.0226 e. The van der Waals surface area contributed by atoms with E-state index in [0.717, 1.165) is 11.8 Å². The molecule has 2 unspecified atom stereocenters. The SMILES string of the molecule is CCNC(Cc1c(C)cccc1C)C1CCCS1. The maximum absolute atomic E-state index is 3.71. The van der Waals surface area contributed by atoms with E-state index in [1.807, 2.05) is 0 Å². The fraction of sp³-hybridized carbons (Fsp3) is 0.625. The fourth-order valence-electron chi connectivity index (χ4n) is 2.91. The van der Waals surface area contributed by atoms with Gasteiger partial charge in [0.1, 0.15) is 0 Å². The lowest BCUT2D eigenvalue weighted by molar-refractivity contribution is 0.494. The first-order valence-corrected chi connectivity index (χ1v) is 8.17. The highest BCUT2D eigenvalue weighted by Gasteiger charge is 2.25. The minimum atomic E-state index is 0.641. The second-order valence-corrected chi connectivity index (χ2v) is 6.64. The topological polar surface area (TPSA) is 12.0 Å². The van der Waals surface area contributed by atoms with E-state index >= 15 is 0 Å². The lowest BCUT2D eigenvalue weighted by Gasteiger charge is -2.25. The second-order valence-electron chi connectivity index (χ2n) is 5.29. The Bertz CT molecular complexity index is 362. The molecule has 1 heterocycles. The first-order valence-electron chi connectivity index (χ1n) is 7.12. The maximum atomic E-state index is 3.71. The van der Waals surface area contributed by atoms with E-state index in [2.05, 4.69) is 56.0 Å². The molecule has 1 aliphatic heterocycles. The summed E-state index contributed by atoms with van der Waals surface area (Å²) in [5, 5.41) is 4.52. The molecule has 0 radical (unpaired) electrons. The van der Waals surface area contributed by atoms with Crippen molar-refractivity contribution in [3.05, 3.63) is 34.9 Å². The molecule has 1 saturated heterocycles. The standard InChI is InChI=1S/C16H25NS/c1-4-17-15(16-9-6-10-18-16)11-14-12(2)7-5-8-13(14)3/h5,7-8,15-17H,4,6,9-11H2,1-3H3. The van der Waals surface area contributed by atoms with Crippen molar-refractivity contribution in [2.24, 2.45) is 0 Å². The lowest BCUT2D eigenvalue weighted by atomic mass is 9.94. The van der Waals surface area contributed by atoms with Gasteiger partial charge in [-0.25, -0.2) is 0 Å². The number of benzene rings is 1. The van der Waals surface area contributed by atoms with Gasteiger partial charge < -0.3 is 5.32 Å². The number of likely N-dealkylation sites (N-methyl/N-ethyl adjacent to an activating group) is 1. The van der Waals surface area contributed by atoms with E-state index in [-0.39, 0.29) is 0 Å². The number of rotatable bonds is 5. The highest BCUT2D eigenvalue weighted by atomic mass is 32.2. The van der Waals surface area contributed by atoms with Gasteiger partial charge in [-0.1, -0.05) is 25.1 Å². The summed E-state index contributed by atoms with van der Waals surface area (Å²) in [6.45, 7) is 7.78. The normalized spacial score (nSPS) is 21.2. The molecule has 0 saturated carbocycles. The van der Waals surface area contributed by atoms with Gasteiger partial charge >= 0.3 is 0 Å². The Morgan fingerprint density at radius 2 is 2.06 bits per heavy atom. The molecule has 2 heteroatoms. The first kappa shape index (κ1) is 14.0. The summed E-state index contributed by atoms with van der Waals surface area (Å²) in [7, 11) is 0. The van der Waals surface area contributed by atoms with Gasteiger partial charge in [-0.2, -0.15) is 11.8 Å². The van der Waals surface area contributed by atoms with Crippen LogP contribution in [0.5, 0.6) is 0 Å². The van der Waals surface area contributed by atoms with Crippen LogP contribution in [0.2, 0.25) is 0 Å². The van der Waals surface area contributed by atoms with E-state index in [1.165, 1.54) is 36.1 Å². The number of hydrogen-bond donors (Lipinski definition) is 1. The van der Waals surface area contributed by atoms with Gasteiger partial charge in [0, 0.05) is 11.3 Å². The first-order chi connectivity index (χ1) is 8.72. The molecule has 0 amide bonds. The zero-order chi connectivity index (χ0) is 13.0. The largest absolute Gasteiger partial charge is 0.313 e. The summed E-state index contributed by atoms with van der Waals surface area (Å²) in [5.74, 6) is 1.35. The highest BCUT2D eigenvalue weighted by Crippen LogP contribution is 2.31. The number of hydrogen-bond acceptors (Lipinski definition) is 2. The van der Waals surface area contributed by atoms with Gasteiger partial charge in [-0.15, -0.1) is 0 Å². The van der Waals surface area contributed by atoms with Gasteiger partial charge in [-0.3, -0.25) is 0 Å². The molecular formula is C16H25NS. The quantitative estimate of drug-likeness (QED) is 0.869. The Morgan fingerprint density at radius 3 is 2.61 bits per heavy atom. The third kappa shape index (κ3) is 3.30. The Hall–Kier alpha value is -0.470. The summed E-state index contributed by atoms with van der Waals surface area (Å²) in [6, 6.07) is 7.29. The average Bonchev–Trinajstić information content (AvgIpc) is 2.86. The fourth-order valence-corrected chi connectivity index (χ4v) is 4.30. The number of aryl methyl sites for hydroxylation is 2. The van der Waals surface area contributed by atoms with Crippen LogP contribution in [0.3, 0.4) is 0 Å². The van der Waals surface area contributed by atoms with Crippen LogP contribution in [0.15, 0.2) is 18.2 Å². The third-order valence-electron chi connectivity index (χ3n) is 3.95. The molecule has 0 spiro atoms. The van der Waals surface area contributed by atoms with E-state index < -0.39 is 0 Å². The summed E-state index contributed by atoms with van der Waals surface area (Å²) in [4.78, 5) is 0. The van der Waals surface area contributed by atoms with Crippen LogP contribution in [0.1, 0.15) is 36.5 Å². The Labute approximate surface area is 116 Å². The Morgan fingerprint density at radius 1 is 1.33 bits per heavy atom. The molecule has 0 aromatic heterocycles. The summed E-state index contributed by atoms with van der Waals surface area (Å²) >= 11 is 2.16. The van der Waals surface area contributed by atoms with E-state index in [0.29, 0.717) is 6.04 Å². The summed E-state index contributed by atoms with van der Waals surface area (Å²) in [5.41, 5.74) is 4.44. The molecule has 100 valence electrons. The molecule has 1 nitrogen and oxygen atoms in total. The third-order valence-corrected chi connectivity index (χ3v) is 5.47. The van der Waals surface area contributed by atoms with E-state index in [9.17, 15) is 0 Å². The second kappa shape index (κ2) is 6.63. The van der Waals surface area contributed by atoms with Crippen molar-refractivity contribution in [3.8, 4) is 0 Å². The molecule has 1 fully saturated rings. The van der Waals surface area contributed by atoms with Crippen molar-refractivity contribution in [1.82, 2.24) is 5.32 Å². The monoisotopic (exact) mass is 263 g/mol. The van der Waals surface area contributed by atoms with Crippen molar-refractivity contribution < 1.29 is 0 Å². The van der Waals surface area contributed by atoms with Crippen LogP contribution in [-0.2, 0) is 6.42 Å². The molecule has 2 atom stereocenters. The van der Waals surface area contributed by atoms with Gasteiger partial charge in [0.25, 0.3) is 0 Å². The summed E-state index contributed by atoms with van der Waals surface area (Å²) in [6.07, 6.45) is 3.96. The number of nitrogens with one attached hydrogen (secondary N) is 1. The van der Waals surface area contributed by atoms with Gasteiger partial charge in [0.15, 0.2) is 0 Å². The van der Waals surface area contributed by atoms with Gasteiger partial charge in [0.2, 0.25) is 0 Å². The van der Waals surface area contributed by atoms with Gasteiger partial charge in [-0.05, 0) is 62.1 Å². The predicted molar refractivity (Wildman–Crippen MR) is 82.6 cm³/mol. The minimum Gasteiger partial charge on any atom is -0.313 e. The Kier molecular flexibility index (Phi) is 5.13. The van der Waals surface area contributed by atoms with Crippen LogP contribution >= 0.6 is 11.8 Å². The smallest absolute Gasteiger partial charge is 0.0226 e. The minimum absolute atomic E-state index is 0.641. The Balaban J connectivity index is 2.12. The molecular weight excluding hydrogens is 238 g/mol. The molecule has 18 heavy (non-hydrogen) atoms. The van der Waals surface area contributed by atoms with Gasteiger partial charge in [0.05, 0.1) is 0 Å². The number of thioether (sulfide) groups is 1. The molecule has 1 N–H and O–H groups in total. The van der Waals surface area contributed by atoms with Crippen molar-refractivity contribution >= 4 is 11.8 Å². The predicted octanol–water partition coefficient (Wildman–Crippen LogP) is 3.72. The van der Waals surface area contributed by atoms with Crippen LogP contribution in [0.25, 0.3) is 0 Å².